The van der Waals surface area contributed by atoms with Gasteiger partial charge >= 0.3 is 0 Å². The van der Waals surface area contributed by atoms with E-state index in [4.69, 9.17) is 0 Å². The number of nitrogens with zero attached hydrogens (tertiary/aromatic N) is 4. The van der Waals surface area contributed by atoms with Crippen molar-refractivity contribution in [1.29, 1.82) is 0 Å². The van der Waals surface area contributed by atoms with Crippen LogP contribution in [-0.2, 0) is 0 Å². The van der Waals surface area contributed by atoms with Crippen LogP contribution in [0.1, 0.15) is 0 Å². The van der Waals surface area contributed by atoms with E-state index in [1.807, 2.05) is 18.3 Å². The summed E-state index contributed by atoms with van der Waals surface area (Å²) in [6.45, 7) is 0. The Bertz CT molecular complexity index is 814. The van der Waals surface area contributed by atoms with Gasteiger partial charge in [0.15, 0.2) is 5.65 Å². The Hall–Kier alpha value is -2.01. The van der Waals surface area contributed by atoms with Gasteiger partial charge in [0.25, 0.3) is 0 Å². The lowest BCUT2D eigenvalue weighted by Crippen LogP contribution is -1.88. The number of hydrogen-bond acceptors (Lipinski definition) is 4. The fourth-order valence-corrected chi connectivity index (χ4v) is 3.05. The van der Waals surface area contributed by atoms with Gasteiger partial charge in [0, 0.05) is 15.5 Å². The third-order valence-corrected chi connectivity index (χ3v) is 3.78. The Morgan fingerprint density at radius 2 is 2.06 bits per heavy atom. The SMILES string of the molecule is c1ccc2c(c1)sc1cnn3cnnc3c12. The highest BCUT2D eigenvalue weighted by atomic mass is 32.1. The van der Waals surface area contributed by atoms with Gasteiger partial charge in [-0.25, -0.2) is 0 Å². The third kappa shape index (κ3) is 0.906. The van der Waals surface area contributed by atoms with Crippen molar-refractivity contribution in [3.05, 3.63) is 36.8 Å². The summed E-state index contributed by atoms with van der Waals surface area (Å²) < 4.78 is 4.12. The Labute approximate surface area is 94.1 Å². The first-order valence-corrected chi connectivity index (χ1v) is 5.71. The van der Waals surface area contributed by atoms with Crippen LogP contribution in [0, 0.1) is 0 Å². The lowest BCUT2D eigenvalue weighted by molar-refractivity contribution is 0.937. The van der Waals surface area contributed by atoms with Crippen molar-refractivity contribution >= 4 is 37.2 Å². The summed E-state index contributed by atoms with van der Waals surface area (Å²) in [5.41, 5.74) is 0.829. The molecule has 5 heteroatoms. The second kappa shape index (κ2) is 2.76. The second-order valence-electron chi connectivity index (χ2n) is 3.58. The molecule has 1 aromatic carbocycles. The third-order valence-electron chi connectivity index (χ3n) is 2.68. The van der Waals surface area contributed by atoms with Crippen LogP contribution in [0.15, 0.2) is 36.8 Å². The summed E-state index contributed by atoms with van der Waals surface area (Å²) in [4.78, 5) is 0. The van der Waals surface area contributed by atoms with Crippen molar-refractivity contribution in [3.63, 3.8) is 0 Å². The average molecular weight is 226 g/mol. The van der Waals surface area contributed by atoms with Crippen LogP contribution in [0.5, 0.6) is 0 Å². The number of fused-ring (bicyclic) bond motifs is 5. The highest BCUT2D eigenvalue weighted by molar-refractivity contribution is 7.25. The molecule has 0 aliphatic heterocycles. The Kier molecular flexibility index (Phi) is 1.41. The molecule has 0 aliphatic carbocycles. The van der Waals surface area contributed by atoms with Crippen molar-refractivity contribution in [1.82, 2.24) is 19.8 Å². The van der Waals surface area contributed by atoms with Gasteiger partial charge in [-0.3, -0.25) is 0 Å². The second-order valence-corrected chi connectivity index (χ2v) is 4.66. The van der Waals surface area contributed by atoms with E-state index in [1.54, 1.807) is 22.2 Å². The molecule has 0 unspecified atom stereocenters. The smallest absolute Gasteiger partial charge is 0.186 e. The normalized spacial score (nSPS) is 11.8. The van der Waals surface area contributed by atoms with E-state index in [2.05, 4.69) is 27.4 Å². The zero-order valence-corrected chi connectivity index (χ0v) is 8.98. The first kappa shape index (κ1) is 8.18. The molecule has 0 saturated carbocycles. The van der Waals surface area contributed by atoms with Gasteiger partial charge in [-0.2, -0.15) is 9.61 Å². The van der Waals surface area contributed by atoms with Gasteiger partial charge in [-0.1, -0.05) is 18.2 Å². The van der Waals surface area contributed by atoms with Gasteiger partial charge < -0.3 is 0 Å². The summed E-state index contributed by atoms with van der Waals surface area (Å²) >= 11 is 1.74. The number of hydrogen-bond donors (Lipinski definition) is 0. The van der Waals surface area contributed by atoms with Crippen LogP contribution in [-0.4, -0.2) is 19.8 Å². The van der Waals surface area contributed by atoms with Crippen molar-refractivity contribution in [2.24, 2.45) is 0 Å². The summed E-state index contributed by atoms with van der Waals surface area (Å²) in [6, 6.07) is 8.32. The molecule has 0 fully saturated rings. The van der Waals surface area contributed by atoms with Gasteiger partial charge in [0.05, 0.1) is 10.9 Å². The van der Waals surface area contributed by atoms with Crippen molar-refractivity contribution in [2.45, 2.75) is 0 Å². The largest absolute Gasteiger partial charge is 0.200 e. The fourth-order valence-electron chi connectivity index (χ4n) is 1.98. The molecular weight excluding hydrogens is 220 g/mol. The molecule has 0 aliphatic rings. The quantitative estimate of drug-likeness (QED) is 0.462. The molecular formula is C11H6N4S. The summed E-state index contributed by atoms with van der Waals surface area (Å²) in [5, 5.41) is 14.7. The van der Waals surface area contributed by atoms with Crippen LogP contribution in [0.4, 0.5) is 0 Å². The average Bonchev–Trinajstić information content (AvgIpc) is 2.91. The molecule has 4 aromatic rings. The van der Waals surface area contributed by atoms with Crippen molar-refractivity contribution in [3.8, 4) is 0 Å². The van der Waals surface area contributed by atoms with Crippen LogP contribution in [0.2, 0.25) is 0 Å². The van der Waals surface area contributed by atoms with E-state index >= 15 is 0 Å². The lowest BCUT2D eigenvalue weighted by Gasteiger charge is -1.92. The highest BCUT2D eigenvalue weighted by Gasteiger charge is 2.10. The Balaban J connectivity index is 2.42. The molecule has 0 bridgehead atoms. The van der Waals surface area contributed by atoms with Crippen molar-refractivity contribution < 1.29 is 0 Å². The van der Waals surface area contributed by atoms with Gasteiger partial charge in [0.2, 0.25) is 0 Å². The standard InChI is InChI=1S/C11H6N4S/c1-2-4-8-7(3-1)10-9(16-8)5-13-15-6-12-14-11(10)15/h1-6H. The summed E-state index contributed by atoms with van der Waals surface area (Å²) in [7, 11) is 0. The van der Waals surface area contributed by atoms with Crippen LogP contribution in [0.25, 0.3) is 25.8 Å². The molecule has 0 N–H and O–H groups in total. The van der Waals surface area contributed by atoms with Crippen LogP contribution >= 0.6 is 11.3 Å². The van der Waals surface area contributed by atoms with Crippen molar-refractivity contribution in [2.75, 3.05) is 0 Å². The number of benzene rings is 1. The summed E-state index contributed by atoms with van der Waals surface area (Å²) in [5.74, 6) is 0. The van der Waals surface area contributed by atoms with E-state index in [0.717, 1.165) is 15.7 Å². The molecule has 0 saturated heterocycles. The predicted octanol–water partition coefficient (Wildman–Crippen LogP) is 2.49. The Morgan fingerprint density at radius 3 is 3.06 bits per heavy atom. The lowest BCUT2D eigenvalue weighted by atomic mass is 10.2. The van der Waals surface area contributed by atoms with E-state index < -0.39 is 0 Å². The minimum Gasteiger partial charge on any atom is -0.200 e. The zero-order valence-electron chi connectivity index (χ0n) is 8.16. The Morgan fingerprint density at radius 1 is 1.12 bits per heavy atom. The van der Waals surface area contributed by atoms with Gasteiger partial charge in [0.1, 0.15) is 6.33 Å². The molecule has 0 radical (unpaired) electrons. The molecule has 3 aromatic heterocycles. The molecule has 0 amide bonds. The molecule has 0 spiro atoms. The minimum atomic E-state index is 0.829. The molecule has 3 heterocycles. The van der Waals surface area contributed by atoms with Gasteiger partial charge in [-0.15, -0.1) is 21.5 Å². The van der Waals surface area contributed by atoms with E-state index in [-0.39, 0.29) is 0 Å². The van der Waals surface area contributed by atoms with Crippen LogP contribution in [0.3, 0.4) is 0 Å². The maximum absolute atomic E-state index is 4.27. The maximum atomic E-state index is 4.27. The molecule has 4 rings (SSSR count). The first-order valence-electron chi connectivity index (χ1n) is 4.90. The molecule has 76 valence electrons. The minimum absolute atomic E-state index is 0.829. The monoisotopic (exact) mass is 226 g/mol. The van der Waals surface area contributed by atoms with Gasteiger partial charge in [-0.05, 0) is 6.07 Å². The number of thiophene rings is 1. The predicted molar refractivity (Wildman–Crippen MR) is 63.7 cm³/mol. The van der Waals surface area contributed by atoms with E-state index in [1.165, 1.54) is 10.1 Å². The number of rotatable bonds is 0. The zero-order chi connectivity index (χ0) is 10.5. The van der Waals surface area contributed by atoms with E-state index in [0.29, 0.717) is 0 Å². The van der Waals surface area contributed by atoms with Crippen LogP contribution < -0.4 is 0 Å². The highest BCUT2D eigenvalue weighted by Crippen LogP contribution is 2.34. The molecule has 0 atom stereocenters. The fraction of sp³-hybridized carbons (Fsp3) is 0. The molecule has 16 heavy (non-hydrogen) atoms. The van der Waals surface area contributed by atoms with E-state index in [9.17, 15) is 0 Å². The molecule has 4 nitrogen and oxygen atoms in total. The topological polar surface area (TPSA) is 43.1 Å². The maximum Gasteiger partial charge on any atom is 0.186 e. The summed E-state index contributed by atoms with van der Waals surface area (Å²) in [6.07, 6.45) is 3.50. The number of aromatic nitrogens is 4. The first-order chi connectivity index (χ1) is 7.93.